The van der Waals surface area contributed by atoms with Crippen LogP contribution >= 0.6 is 0 Å². The van der Waals surface area contributed by atoms with Crippen LogP contribution in [0, 0.1) is 0 Å². The molecule has 1 aliphatic heterocycles. The van der Waals surface area contributed by atoms with Crippen LogP contribution in [0.2, 0.25) is 0 Å². The predicted octanol–water partition coefficient (Wildman–Crippen LogP) is 2.06. The zero-order valence-electron chi connectivity index (χ0n) is 12.8. The molecule has 0 atom stereocenters. The summed E-state index contributed by atoms with van der Waals surface area (Å²) in [7, 11) is 4.38. The van der Waals surface area contributed by atoms with Crippen LogP contribution in [-0.4, -0.2) is 49.1 Å². The topological polar surface area (TPSA) is 31.6 Å². The molecule has 2 fully saturated rings. The van der Waals surface area contributed by atoms with Crippen LogP contribution in [0.15, 0.2) is 16.7 Å². The molecule has 0 amide bonds. The number of rotatable bonds is 6. The van der Waals surface area contributed by atoms with Crippen LogP contribution in [0.4, 0.5) is 0 Å². The highest BCUT2D eigenvalue weighted by molar-refractivity contribution is 5.17. The Bertz CT molecular complexity index is 417. The molecule has 1 saturated carbocycles. The first-order valence-corrected chi connectivity index (χ1v) is 7.90. The highest BCUT2D eigenvalue weighted by atomic mass is 16.3. The maximum absolute atomic E-state index is 5.70. The molecule has 20 heavy (non-hydrogen) atoms. The van der Waals surface area contributed by atoms with Crippen molar-refractivity contribution in [1.82, 2.24) is 15.1 Å². The molecule has 2 aliphatic rings. The van der Waals surface area contributed by atoms with Crippen molar-refractivity contribution in [3.63, 3.8) is 0 Å². The summed E-state index contributed by atoms with van der Waals surface area (Å²) in [4.78, 5) is 4.88. The average molecular weight is 277 g/mol. The van der Waals surface area contributed by atoms with Crippen molar-refractivity contribution in [2.45, 2.75) is 50.9 Å². The molecular formula is C16H27N3O. The lowest BCUT2D eigenvalue weighted by Gasteiger charge is -2.34. The first kappa shape index (κ1) is 14.1. The SMILES string of the molecule is CN(C)C1CCN(Cc2occc2CNC2CC2)CC1. The summed E-state index contributed by atoms with van der Waals surface area (Å²) in [6.07, 6.45) is 7.05. The quantitative estimate of drug-likeness (QED) is 0.862. The van der Waals surface area contributed by atoms with Crippen LogP contribution in [0.25, 0.3) is 0 Å². The average Bonchev–Trinajstić information content (AvgIpc) is 3.18. The fourth-order valence-corrected chi connectivity index (χ4v) is 3.00. The molecule has 1 N–H and O–H groups in total. The second kappa shape index (κ2) is 6.29. The van der Waals surface area contributed by atoms with Crippen molar-refractivity contribution < 1.29 is 4.42 Å². The zero-order chi connectivity index (χ0) is 13.9. The summed E-state index contributed by atoms with van der Waals surface area (Å²) in [6.45, 7) is 4.29. The van der Waals surface area contributed by atoms with Crippen molar-refractivity contribution in [1.29, 1.82) is 0 Å². The van der Waals surface area contributed by atoms with E-state index in [-0.39, 0.29) is 0 Å². The van der Waals surface area contributed by atoms with Crippen LogP contribution in [-0.2, 0) is 13.1 Å². The number of furan rings is 1. The van der Waals surface area contributed by atoms with Gasteiger partial charge in [0, 0.05) is 37.3 Å². The molecule has 4 heteroatoms. The third-order valence-corrected chi connectivity index (χ3v) is 4.65. The fourth-order valence-electron chi connectivity index (χ4n) is 3.00. The molecule has 2 heterocycles. The molecule has 1 aromatic rings. The zero-order valence-corrected chi connectivity index (χ0v) is 12.8. The van der Waals surface area contributed by atoms with Gasteiger partial charge in [-0.2, -0.15) is 0 Å². The van der Waals surface area contributed by atoms with E-state index in [0.717, 1.165) is 30.9 Å². The monoisotopic (exact) mass is 277 g/mol. The van der Waals surface area contributed by atoms with Crippen LogP contribution in [0.5, 0.6) is 0 Å². The number of likely N-dealkylation sites (tertiary alicyclic amines) is 1. The number of hydrogen-bond acceptors (Lipinski definition) is 4. The minimum absolute atomic E-state index is 0.749. The van der Waals surface area contributed by atoms with E-state index in [1.165, 1.54) is 44.3 Å². The van der Waals surface area contributed by atoms with Gasteiger partial charge in [0.05, 0.1) is 12.8 Å². The highest BCUT2D eigenvalue weighted by Gasteiger charge is 2.23. The van der Waals surface area contributed by atoms with Crippen LogP contribution in [0.3, 0.4) is 0 Å². The van der Waals surface area contributed by atoms with Crippen LogP contribution < -0.4 is 5.32 Å². The molecule has 3 rings (SSSR count). The molecule has 0 bridgehead atoms. The Morgan fingerprint density at radius 3 is 2.65 bits per heavy atom. The highest BCUT2D eigenvalue weighted by Crippen LogP contribution is 2.22. The summed E-state index contributed by atoms with van der Waals surface area (Å²) < 4.78 is 5.70. The molecule has 1 saturated heterocycles. The molecule has 4 nitrogen and oxygen atoms in total. The lowest BCUT2D eigenvalue weighted by Crippen LogP contribution is -2.41. The fraction of sp³-hybridized carbons (Fsp3) is 0.750. The largest absolute Gasteiger partial charge is 0.468 e. The Labute approximate surface area is 122 Å². The van der Waals surface area contributed by atoms with Gasteiger partial charge in [-0.25, -0.2) is 0 Å². The minimum Gasteiger partial charge on any atom is -0.468 e. The number of piperidine rings is 1. The second-order valence-electron chi connectivity index (χ2n) is 6.50. The Hall–Kier alpha value is -0.840. The van der Waals surface area contributed by atoms with Gasteiger partial charge in [0.2, 0.25) is 0 Å². The summed E-state index contributed by atoms with van der Waals surface area (Å²) in [6, 6.07) is 3.63. The van der Waals surface area contributed by atoms with Gasteiger partial charge in [-0.3, -0.25) is 4.90 Å². The van der Waals surface area contributed by atoms with E-state index in [4.69, 9.17) is 4.42 Å². The molecular weight excluding hydrogens is 250 g/mol. The summed E-state index contributed by atoms with van der Waals surface area (Å²) in [5.74, 6) is 1.15. The van der Waals surface area contributed by atoms with E-state index < -0.39 is 0 Å². The van der Waals surface area contributed by atoms with Gasteiger partial charge in [0.1, 0.15) is 5.76 Å². The number of nitrogens with one attached hydrogen (secondary N) is 1. The molecule has 1 aliphatic carbocycles. The third-order valence-electron chi connectivity index (χ3n) is 4.65. The predicted molar refractivity (Wildman–Crippen MR) is 80.6 cm³/mol. The van der Waals surface area contributed by atoms with Crippen molar-refractivity contribution in [2.75, 3.05) is 27.2 Å². The standard InChI is InChI=1S/C16H27N3O/c1-18(2)15-5-8-19(9-6-15)12-16-13(7-10-20-16)11-17-14-3-4-14/h7,10,14-15,17H,3-6,8-9,11-12H2,1-2H3. The summed E-state index contributed by atoms with van der Waals surface area (Å²) in [5.41, 5.74) is 1.34. The Kier molecular flexibility index (Phi) is 4.44. The van der Waals surface area contributed by atoms with E-state index in [1.807, 2.05) is 6.26 Å². The first-order valence-electron chi connectivity index (χ1n) is 7.90. The van der Waals surface area contributed by atoms with Crippen molar-refractivity contribution in [3.8, 4) is 0 Å². The number of hydrogen-bond donors (Lipinski definition) is 1. The van der Waals surface area contributed by atoms with E-state index in [2.05, 4.69) is 35.3 Å². The summed E-state index contributed by atoms with van der Waals surface area (Å²) >= 11 is 0. The van der Waals surface area contributed by atoms with E-state index in [0.29, 0.717) is 0 Å². The minimum atomic E-state index is 0.749. The van der Waals surface area contributed by atoms with Crippen molar-refractivity contribution in [2.24, 2.45) is 0 Å². The molecule has 0 spiro atoms. The molecule has 112 valence electrons. The maximum atomic E-state index is 5.70. The molecule has 1 aromatic heterocycles. The van der Waals surface area contributed by atoms with Crippen molar-refractivity contribution >= 4 is 0 Å². The Morgan fingerprint density at radius 2 is 2.00 bits per heavy atom. The Balaban J connectivity index is 1.49. The van der Waals surface area contributed by atoms with Crippen LogP contribution in [0.1, 0.15) is 37.0 Å². The molecule has 0 aromatic carbocycles. The van der Waals surface area contributed by atoms with Gasteiger partial charge in [-0.15, -0.1) is 0 Å². The van der Waals surface area contributed by atoms with Gasteiger partial charge < -0.3 is 14.6 Å². The summed E-state index contributed by atoms with van der Waals surface area (Å²) in [5, 5.41) is 3.57. The molecule has 0 radical (unpaired) electrons. The van der Waals surface area contributed by atoms with E-state index in [1.54, 1.807) is 0 Å². The number of nitrogens with zero attached hydrogens (tertiary/aromatic N) is 2. The van der Waals surface area contributed by atoms with Gasteiger partial charge in [0.25, 0.3) is 0 Å². The first-order chi connectivity index (χ1) is 9.72. The Morgan fingerprint density at radius 1 is 1.25 bits per heavy atom. The normalized spacial score (nSPS) is 21.8. The lowest BCUT2D eigenvalue weighted by atomic mass is 10.0. The van der Waals surface area contributed by atoms with Crippen molar-refractivity contribution in [3.05, 3.63) is 23.7 Å². The lowest BCUT2D eigenvalue weighted by molar-refractivity contribution is 0.133. The van der Waals surface area contributed by atoms with Gasteiger partial charge >= 0.3 is 0 Å². The van der Waals surface area contributed by atoms with E-state index >= 15 is 0 Å². The van der Waals surface area contributed by atoms with Gasteiger partial charge in [0.15, 0.2) is 0 Å². The van der Waals surface area contributed by atoms with E-state index in [9.17, 15) is 0 Å². The van der Waals surface area contributed by atoms with Gasteiger partial charge in [-0.1, -0.05) is 0 Å². The third kappa shape index (κ3) is 3.62. The second-order valence-corrected chi connectivity index (χ2v) is 6.50. The molecule has 0 unspecified atom stereocenters. The smallest absolute Gasteiger partial charge is 0.122 e. The van der Waals surface area contributed by atoms with Gasteiger partial charge in [-0.05, 0) is 45.8 Å². The maximum Gasteiger partial charge on any atom is 0.122 e.